The molecule has 9 nitrogen and oxygen atoms in total. The van der Waals surface area contributed by atoms with Crippen LogP contribution < -0.4 is 10.1 Å². The van der Waals surface area contributed by atoms with Gasteiger partial charge < -0.3 is 19.5 Å². The quantitative estimate of drug-likeness (QED) is 0.579. The fraction of sp³-hybridized carbons (Fsp3) is 0.455. The van der Waals surface area contributed by atoms with Crippen LogP contribution in [0.1, 0.15) is 39.5 Å². The Labute approximate surface area is 184 Å². The Balaban J connectivity index is 1.66. The van der Waals surface area contributed by atoms with Crippen molar-refractivity contribution in [3.8, 4) is 5.75 Å². The van der Waals surface area contributed by atoms with Gasteiger partial charge in [-0.05, 0) is 26.8 Å². The number of hydrogen-bond acceptors (Lipinski definition) is 8. The monoisotopic (exact) mass is 443 g/mol. The number of methoxy groups -OCH3 is 1. The highest BCUT2D eigenvalue weighted by atomic mass is 19.1. The second kappa shape index (κ2) is 8.01. The number of carbonyl (C=O) groups excluding carboxylic acids is 1. The number of imidazole rings is 1. The zero-order valence-corrected chi connectivity index (χ0v) is 18.6. The lowest BCUT2D eigenvalue weighted by Gasteiger charge is -2.36. The molecule has 3 aromatic rings. The van der Waals surface area contributed by atoms with E-state index in [1.165, 1.54) is 38.0 Å². The number of ether oxygens (including phenoxy) is 3. The first kappa shape index (κ1) is 21.9. The van der Waals surface area contributed by atoms with E-state index < -0.39 is 29.6 Å². The average Bonchev–Trinajstić information content (AvgIpc) is 3.25. The molecule has 0 aliphatic carbocycles. The van der Waals surface area contributed by atoms with E-state index in [4.69, 9.17) is 14.2 Å². The maximum Gasteiger partial charge on any atom is 0.303 e. The Morgan fingerprint density at radius 3 is 2.75 bits per heavy atom. The summed E-state index contributed by atoms with van der Waals surface area (Å²) >= 11 is 0. The van der Waals surface area contributed by atoms with E-state index in [1.54, 1.807) is 14.0 Å². The molecule has 3 heterocycles. The van der Waals surface area contributed by atoms with Crippen molar-refractivity contribution in [2.24, 2.45) is 0 Å². The van der Waals surface area contributed by atoms with Gasteiger partial charge in [-0.3, -0.25) is 9.36 Å². The van der Waals surface area contributed by atoms with E-state index >= 15 is 4.39 Å². The number of nitrogens with zero attached hydrogens (tertiary/aromatic N) is 4. The van der Waals surface area contributed by atoms with Crippen LogP contribution in [-0.2, 0) is 20.8 Å². The first-order valence-corrected chi connectivity index (χ1v) is 10.3. The maximum absolute atomic E-state index is 16.1. The molecule has 1 saturated heterocycles. The molecule has 0 bridgehead atoms. The predicted octanol–water partition coefficient (Wildman–Crippen LogP) is 3.41. The number of fused-ring (bicyclic) bond motifs is 1. The summed E-state index contributed by atoms with van der Waals surface area (Å²) in [5.74, 6) is 0.671. The molecule has 170 valence electrons. The highest BCUT2D eigenvalue weighted by Crippen LogP contribution is 2.50. The third-order valence-corrected chi connectivity index (χ3v) is 6.15. The molecule has 2 aromatic heterocycles. The van der Waals surface area contributed by atoms with Crippen molar-refractivity contribution in [3.63, 3.8) is 0 Å². The Morgan fingerprint density at radius 1 is 1.28 bits per heavy atom. The summed E-state index contributed by atoms with van der Waals surface area (Å²) in [6, 6.07) is 7.64. The van der Waals surface area contributed by atoms with Crippen molar-refractivity contribution < 1.29 is 23.4 Å². The highest BCUT2D eigenvalue weighted by molar-refractivity contribution is 5.82. The van der Waals surface area contributed by atoms with Crippen molar-refractivity contribution in [1.82, 2.24) is 19.5 Å². The largest absolute Gasteiger partial charge is 0.496 e. The number of carbonyl (C=O) groups is 1. The Bertz CT molecular complexity index is 1150. The normalized spacial score (nSPS) is 27.4. The number of para-hydroxylation sites is 1. The van der Waals surface area contributed by atoms with Gasteiger partial charge in [0.25, 0.3) is 0 Å². The van der Waals surface area contributed by atoms with Gasteiger partial charge in [0.2, 0.25) is 0 Å². The average molecular weight is 443 g/mol. The zero-order chi connectivity index (χ0) is 23.1. The third-order valence-electron chi connectivity index (χ3n) is 6.15. The van der Waals surface area contributed by atoms with Gasteiger partial charge in [0.05, 0.1) is 13.4 Å². The topological polar surface area (TPSA) is 100 Å². The van der Waals surface area contributed by atoms with Crippen molar-refractivity contribution in [1.29, 1.82) is 0 Å². The minimum Gasteiger partial charge on any atom is -0.496 e. The maximum atomic E-state index is 16.1. The summed E-state index contributed by atoms with van der Waals surface area (Å²) in [6.45, 7) is 6.27. The van der Waals surface area contributed by atoms with Crippen molar-refractivity contribution >= 4 is 23.0 Å². The molecule has 1 aliphatic rings. The van der Waals surface area contributed by atoms with Gasteiger partial charge in [-0.25, -0.2) is 19.3 Å². The second-order valence-electron chi connectivity index (χ2n) is 8.12. The number of esters is 1. The van der Waals surface area contributed by atoms with E-state index in [9.17, 15) is 4.79 Å². The van der Waals surface area contributed by atoms with E-state index in [-0.39, 0.29) is 0 Å². The second-order valence-corrected chi connectivity index (χ2v) is 8.12. The molecule has 10 heteroatoms. The predicted molar refractivity (Wildman–Crippen MR) is 115 cm³/mol. The zero-order valence-electron chi connectivity index (χ0n) is 18.6. The SMILES string of the molecule is COc1ccccc1CNc1ncnc2c1ncn2C1O[C@H](C)C(C)(OC(C)=O)[C@@]1(C)F. The van der Waals surface area contributed by atoms with Gasteiger partial charge in [-0.15, -0.1) is 0 Å². The fourth-order valence-corrected chi connectivity index (χ4v) is 4.08. The van der Waals surface area contributed by atoms with Crippen LogP contribution in [0.4, 0.5) is 10.2 Å². The van der Waals surface area contributed by atoms with E-state index in [2.05, 4.69) is 20.3 Å². The summed E-state index contributed by atoms with van der Waals surface area (Å²) in [6.07, 6.45) is 1.06. The molecule has 1 fully saturated rings. The number of nitrogens with one attached hydrogen (secondary N) is 1. The first-order chi connectivity index (χ1) is 15.2. The number of rotatable bonds is 6. The number of anilines is 1. The van der Waals surface area contributed by atoms with Crippen LogP contribution in [0.5, 0.6) is 5.75 Å². The van der Waals surface area contributed by atoms with Crippen LogP contribution in [0.15, 0.2) is 36.9 Å². The van der Waals surface area contributed by atoms with Crippen LogP contribution in [-0.4, -0.2) is 50.0 Å². The molecule has 0 spiro atoms. The lowest BCUT2D eigenvalue weighted by atomic mass is 9.84. The lowest BCUT2D eigenvalue weighted by Crippen LogP contribution is -2.53. The molecule has 0 saturated carbocycles. The van der Waals surface area contributed by atoms with Crippen molar-refractivity contribution in [2.45, 2.75) is 57.8 Å². The molecule has 1 N–H and O–H groups in total. The fourth-order valence-electron chi connectivity index (χ4n) is 4.08. The van der Waals surface area contributed by atoms with E-state index in [1.807, 2.05) is 24.3 Å². The molecule has 1 aliphatic heterocycles. The lowest BCUT2D eigenvalue weighted by molar-refractivity contribution is -0.172. The van der Waals surface area contributed by atoms with Crippen molar-refractivity contribution in [3.05, 3.63) is 42.5 Å². The van der Waals surface area contributed by atoms with Gasteiger partial charge >= 0.3 is 5.97 Å². The number of alkyl halides is 1. The molecule has 0 amide bonds. The first-order valence-electron chi connectivity index (χ1n) is 10.3. The number of hydrogen-bond donors (Lipinski definition) is 1. The molecule has 32 heavy (non-hydrogen) atoms. The molecule has 0 radical (unpaired) electrons. The third kappa shape index (κ3) is 3.44. The van der Waals surface area contributed by atoms with E-state index in [0.29, 0.717) is 23.5 Å². The smallest absolute Gasteiger partial charge is 0.303 e. The van der Waals surface area contributed by atoms with Crippen molar-refractivity contribution in [2.75, 3.05) is 12.4 Å². The number of aromatic nitrogens is 4. The summed E-state index contributed by atoms with van der Waals surface area (Å²) in [7, 11) is 1.61. The molecule has 4 atom stereocenters. The van der Waals surface area contributed by atoms with Crippen LogP contribution in [0.25, 0.3) is 11.2 Å². The Kier molecular flexibility index (Phi) is 5.49. The molecule has 4 rings (SSSR count). The van der Waals surface area contributed by atoms with Gasteiger partial charge in [-0.1, -0.05) is 18.2 Å². The number of halogens is 1. The summed E-state index contributed by atoms with van der Waals surface area (Å²) in [5.41, 5.74) is -1.70. The molecular weight excluding hydrogens is 417 g/mol. The Hall–Kier alpha value is -3.27. The van der Waals surface area contributed by atoms with Crippen LogP contribution in [0, 0.1) is 0 Å². The van der Waals surface area contributed by atoms with Gasteiger partial charge in [0.1, 0.15) is 18.2 Å². The van der Waals surface area contributed by atoms with Crippen LogP contribution >= 0.6 is 0 Å². The number of benzene rings is 1. The molecule has 1 aromatic carbocycles. The van der Waals surface area contributed by atoms with Crippen LogP contribution in [0.2, 0.25) is 0 Å². The van der Waals surface area contributed by atoms with Gasteiger partial charge in [0.15, 0.2) is 34.5 Å². The summed E-state index contributed by atoms with van der Waals surface area (Å²) in [5, 5.41) is 3.24. The standard InChI is InChI=1S/C22H26FN5O4/c1-13-22(4,32-14(2)29)21(3,23)20(31-13)28-12-27-17-18(25-11-26-19(17)28)24-10-15-8-6-7-9-16(15)30-5/h6-9,11-13,20H,10H2,1-5H3,(H,24,25,26)/t13-,20?,21+,22?/m1/s1. The molecule has 2 unspecified atom stereocenters. The Morgan fingerprint density at radius 2 is 2.03 bits per heavy atom. The van der Waals surface area contributed by atoms with Gasteiger partial charge in [0, 0.05) is 19.0 Å². The van der Waals surface area contributed by atoms with Gasteiger partial charge in [-0.2, -0.15) is 0 Å². The van der Waals surface area contributed by atoms with E-state index in [0.717, 1.165) is 11.3 Å². The minimum atomic E-state index is -2.04. The highest BCUT2D eigenvalue weighted by Gasteiger charge is 2.65. The van der Waals surface area contributed by atoms with Crippen LogP contribution in [0.3, 0.4) is 0 Å². The summed E-state index contributed by atoms with van der Waals surface area (Å²) in [4.78, 5) is 24.6. The molecular formula is C22H26FN5O4. The minimum absolute atomic E-state index is 0.399. The summed E-state index contributed by atoms with van der Waals surface area (Å²) < 4.78 is 34.2.